The molecule has 2 heteroatoms. The highest BCUT2D eigenvalue weighted by molar-refractivity contribution is 5.32. The van der Waals surface area contributed by atoms with E-state index in [1.807, 2.05) is 0 Å². The van der Waals surface area contributed by atoms with E-state index in [2.05, 4.69) is 57.4 Å². The van der Waals surface area contributed by atoms with E-state index in [4.69, 9.17) is 4.74 Å². The van der Waals surface area contributed by atoms with Crippen LogP contribution in [0.5, 0.6) is 0 Å². The Kier molecular flexibility index (Phi) is 4.64. The zero-order chi connectivity index (χ0) is 13.9. The van der Waals surface area contributed by atoms with E-state index in [0.717, 1.165) is 13.0 Å². The molecule has 0 amide bonds. The Morgan fingerprint density at radius 3 is 2.68 bits per heavy atom. The fourth-order valence-electron chi connectivity index (χ4n) is 3.05. The topological polar surface area (TPSA) is 21.3 Å². The minimum Gasteiger partial charge on any atom is -0.376 e. The molecule has 0 radical (unpaired) electrons. The van der Waals surface area contributed by atoms with Crippen molar-refractivity contribution in [3.8, 4) is 0 Å². The van der Waals surface area contributed by atoms with Crippen molar-refractivity contribution in [2.45, 2.75) is 51.7 Å². The molecule has 0 saturated carbocycles. The second-order valence-corrected chi connectivity index (χ2v) is 6.51. The van der Waals surface area contributed by atoms with Gasteiger partial charge in [0.25, 0.3) is 0 Å². The fraction of sp³-hybridized carbons (Fsp3) is 0.647. The van der Waals surface area contributed by atoms with Crippen LogP contribution in [-0.2, 0) is 11.2 Å². The maximum Gasteiger partial charge on any atom is 0.0598 e. The first-order valence-electron chi connectivity index (χ1n) is 7.40. The van der Waals surface area contributed by atoms with Gasteiger partial charge in [0.15, 0.2) is 0 Å². The summed E-state index contributed by atoms with van der Waals surface area (Å²) in [7, 11) is 2.07. The average molecular weight is 261 g/mol. The van der Waals surface area contributed by atoms with Crippen LogP contribution >= 0.6 is 0 Å². The summed E-state index contributed by atoms with van der Waals surface area (Å²) < 4.78 is 5.89. The summed E-state index contributed by atoms with van der Waals surface area (Å²) in [4.78, 5) is 0. The molecule has 19 heavy (non-hydrogen) atoms. The van der Waals surface area contributed by atoms with Crippen molar-refractivity contribution in [2.75, 3.05) is 13.7 Å². The lowest BCUT2D eigenvalue weighted by molar-refractivity contribution is -0.0119. The first-order valence-corrected chi connectivity index (χ1v) is 7.40. The number of ether oxygens (including phenoxy) is 1. The Bertz CT molecular complexity index is 408. The number of rotatable bonds is 4. The number of hydrogen-bond donors (Lipinski definition) is 1. The third kappa shape index (κ3) is 3.80. The second kappa shape index (κ2) is 6.06. The fourth-order valence-corrected chi connectivity index (χ4v) is 3.05. The van der Waals surface area contributed by atoms with E-state index in [0.29, 0.717) is 12.0 Å². The molecule has 1 aromatic carbocycles. The first-order chi connectivity index (χ1) is 9.01. The Labute approximate surface area is 117 Å². The summed E-state index contributed by atoms with van der Waals surface area (Å²) in [6.45, 7) is 7.23. The largest absolute Gasteiger partial charge is 0.376 e. The molecule has 1 aromatic rings. The summed E-state index contributed by atoms with van der Waals surface area (Å²) in [5, 5.41) is 3.50. The lowest BCUT2D eigenvalue weighted by atomic mass is 9.78. The van der Waals surface area contributed by atoms with E-state index in [1.165, 1.54) is 24.0 Å². The Hall–Kier alpha value is -0.860. The summed E-state index contributed by atoms with van der Waals surface area (Å²) in [5.74, 6) is 0.683. The molecule has 1 N–H and O–H groups in total. The van der Waals surface area contributed by atoms with Gasteiger partial charge in [0, 0.05) is 12.6 Å². The van der Waals surface area contributed by atoms with Gasteiger partial charge in [-0.3, -0.25) is 0 Å². The normalized spacial score (nSPS) is 23.2. The zero-order valence-corrected chi connectivity index (χ0v) is 12.7. The van der Waals surface area contributed by atoms with Crippen LogP contribution < -0.4 is 5.32 Å². The molecule has 1 aliphatic rings. The van der Waals surface area contributed by atoms with Gasteiger partial charge in [-0.1, -0.05) is 24.3 Å². The molecule has 2 atom stereocenters. The van der Waals surface area contributed by atoms with Crippen molar-refractivity contribution < 1.29 is 4.74 Å². The predicted molar refractivity (Wildman–Crippen MR) is 80.4 cm³/mol. The molecule has 0 aliphatic heterocycles. The predicted octanol–water partition coefficient (Wildman–Crippen LogP) is 3.71. The van der Waals surface area contributed by atoms with Crippen LogP contribution in [0, 0.1) is 5.92 Å². The van der Waals surface area contributed by atoms with Crippen LogP contribution in [0.25, 0.3) is 0 Å². The highest BCUT2D eigenvalue weighted by atomic mass is 16.5. The molecule has 0 aromatic heterocycles. The number of fused-ring (bicyclic) bond motifs is 1. The Morgan fingerprint density at radius 2 is 2.00 bits per heavy atom. The van der Waals surface area contributed by atoms with Gasteiger partial charge in [0.2, 0.25) is 0 Å². The molecular weight excluding hydrogens is 234 g/mol. The summed E-state index contributed by atoms with van der Waals surface area (Å²) in [6.07, 6.45) is 3.60. The van der Waals surface area contributed by atoms with Crippen LogP contribution in [-0.4, -0.2) is 19.3 Å². The van der Waals surface area contributed by atoms with Crippen LogP contribution in [0.15, 0.2) is 24.3 Å². The van der Waals surface area contributed by atoms with Crippen LogP contribution in [0.2, 0.25) is 0 Å². The van der Waals surface area contributed by atoms with Gasteiger partial charge in [0.05, 0.1) is 5.60 Å². The number of nitrogens with one attached hydrogen (secondary N) is 1. The maximum absolute atomic E-state index is 5.89. The molecule has 0 spiro atoms. The zero-order valence-electron chi connectivity index (χ0n) is 12.7. The third-order valence-corrected chi connectivity index (χ3v) is 3.98. The second-order valence-electron chi connectivity index (χ2n) is 6.51. The van der Waals surface area contributed by atoms with E-state index in [9.17, 15) is 0 Å². The van der Waals surface area contributed by atoms with Crippen molar-refractivity contribution in [3.63, 3.8) is 0 Å². The van der Waals surface area contributed by atoms with Crippen molar-refractivity contribution in [3.05, 3.63) is 35.4 Å². The lowest BCUT2D eigenvalue weighted by Crippen LogP contribution is -2.31. The standard InChI is InChI=1S/C17H27NO/c1-17(2,3)19-12-11-14-10-9-13-7-5-6-8-15(13)16(14)18-4/h5-8,14,16,18H,9-12H2,1-4H3. The molecule has 0 fully saturated rings. The molecule has 0 bridgehead atoms. The highest BCUT2D eigenvalue weighted by Gasteiger charge is 2.28. The Balaban J connectivity index is 2.00. The summed E-state index contributed by atoms with van der Waals surface area (Å²) >= 11 is 0. The van der Waals surface area contributed by atoms with E-state index in [1.54, 1.807) is 0 Å². The monoisotopic (exact) mass is 261 g/mol. The molecule has 106 valence electrons. The van der Waals surface area contributed by atoms with Gasteiger partial charge < -0.3 is 10.1 Å². The lowest BCUT2D eigenvalue weighted by Gasteiger charge is -2.34. The van der Waals surface area contributed by atoms with Crippen molar-refractivity contribution in [1.29, 1.82) is 0 Å². The number of hydrogen-bond acceptors (Lipinski definition) is 2. The number of aryl methyl sites for hydroxylation is 1. The van der Waals surface area contributed by atoms with Gasteiger partial charge in [-0.05, 0) is 64.1 Å². The minimum absolute atomic E-state index is 0.0261. The SMILES string of the molecule is CNC1c2ccccc2CCC1CCOC(C)(C)C. The molecule has 1 aliphatic carbocycles. The van der Waals surface area contributed by atoms with Gasteiger partial charge in [-0.25, -0.2) is 0 Å². The third-order valence-electron chi connectivity index (χ3n) is 3.98. The van der Waals surface area contributed by atoms with Gasteiger partial charge in [-0.2, -0.15) is 0 Å². The van der Waals surface area contributed by atoms with Crippen molar-refractivity contribution in [1.82, 2.24) is 5.32 Å². The molecule has 0 heterocycles. The molecule has 0 saturated heterocycles. The quantitative estimate of drug-likeness (QED) is 0.892. The smallest absolute Gasteiger partial charge is 0.0598 e. The number of benzene rings is 1. The van der Waals surface area contributed by atoms with Gasteiger partial charge >= 0.3 is 0 Å². The van der Waals surface area contributed by atoms with Crippen LogP contribution in [0.3, 0.4) is 0 Å². The summed E-state index contributed by atoms with van der Waals surface area (Å²) in [5.41, 5.74) is 2.97. The Morgan fingerprint density at radius 1 is 1.26 bits per heavy atom. The van der Waals surface area contributed by atoms with Gasteiger partial charge in [0.1, 0.15) is 0 Å². The highest BCUT2D eigenvalue weighted by Crippen LogP contribution is 2.36. The van der Waals surface area contributed by atoms with Crippen molar-refractivity contribution in [2.24, 2.45) is 5.92 Å². The van der Waals surface area contributed by atoms with Crippen LogP contribution in [0.4, 0.5) is 0 Å². The first kappa shape index (κ1) is 14.5. The summed E-state index contributed by atoms with van der Waals surface area (Å²) in [6, 6.07) is 9.31. The van der Waals surface area contributed by atoms with Gasteiger partial charge in [-0.15, -0.1) is 0 Å². The minimum atomic E-state index is -0.0261. The van der Waals surface area contributed by atoms with Crippen LogP contribution in [0.1, 0.15) is 50.8 Å². The molecule has 2 rings (SSSR count). The van der Waals surface area contributed by atoms with Crippen molar-refractivity contribution >= 4 is 0 Å². The maximum atomic E-state index is 5.89. The average Bonchev–Trinajstić information content (AvgIpc) is 2.37. The molecule has 2 nitrogen and oxygen atoms in total. The van der Waals surface area contributed by atoms with E-state index in [-0.39, 0.29) is 5.60 Å². The molecule has 2 unspecified atom stereocenters. The van der Waals surface area contributed by atoms with E-state index >= 15 is 0 Å². The van der Waals surface area contributed by atoms with E-state index < -0.39 is 0 Å². The molecular formula is C17H27NO.